The lowest BCUT2D eigenvalue weighted by Crippen LogP contribution is -1.91. The zero-order chi connectivity index (χ0) is 31.2. The Morgan fingerprint density at radius 1 is 0.426 bits per heavy atom. The molecule has 3 aromatic heterocycles. The minimum absolute atomic E-state index is 0.927. The highest BCUT2D eigenvalue weighted by molar-refractivity contribution is 6.14. The Kier molecular flexibility index (Phi) is 6.46. The number of benzene rings is 6. The zero-order valence-electron chi connectivity index (χ0n) is 25.6. The van der Waals surface area contributed by atoms with E-state index in [1.807, 2.05) is 30.6 Å². The highest BCUT2D eigenvalue weighted by atomic mass is 15.0. The van der Waals surface area contributed by atoms with E-state index in [4.69, 9.17) is 4.98 Å². The first-order valence-electron chi connectivity index (χ1n) is 15.9. The van der Waals surface area contributed by atoms with E-state index in [0.717, 1.165) is 50.4 Å². The molecular weight excluding hydrogens is 571 g/mol. The van der Waals surface area contributed by atoms with Crippen LogP contribution in [0, 0.1) is 0 Å². The van der Waals surface area contributed by atoms with Crippen molar-refractivity contribution in [2.24, 2.45) is 0 Å². The number of hydrogen-bond acceptors (Lipinski definition) is 2. The number of imidazole rings is 1. The molecular formula is C44H29N3. The van der Waals surface area contributed by atoms with Gasteiger partial charge in [-0.2, -0.15) is 0 Å². The number of nitrogens with zero attached hydrogens (tertiary/aromatic N) is 3. The van der Waals surface area contributed by atoms with Gasteiger partial charge in [-0.05, 0) is 97.9 Å². The van der Waals surface area contributed by atoms with Crippen LogP contribution in [0.3, 0.4) is 0 Å². The van der Waals surface area contributed by atoms with Crippen LogP contribution < -0.4 is 0 Å². The Hall–Kier alpha value is -6.32. The third-order valence-electron chi connectivity index (χ3n) is 9.05. The Morgan fingerprint density at radius 3 is 1.94 bits per heavy atom. The summed E-state index contributed by atoms with van der Waals surface area (Å²) < 4.78 is 2.19. The molecule has 0 unspecified atom stereocenters. The maximum atomic E-state index is 5.08. The molecule has 0 radical (unpaired) electrons. The van der Waals surface area contributed by atoms with Crippen molar-refractivity contribution in [3.8, 4) is 55.9 Å². The predicted molar refractivity (Wildman–Crippen MR) is 195 cm³/mol. The van der Waals surface area contributed by atoms with Gasteiger partial charge in [0.1, 0.15) is 5.65 Å². The monoisotopic (exact) mass is 599 g/mol. The summed E-state index contributed by atoms with van der Waals surface area (Å²) in [5.74, 6) is 0. The van der Waals surface area contributed by atoms with Crippen molar-refractivity contribution >= 4 is 27.2 Å². The largest absolute Gasteiger partial charge is 0.299 e. The standard InChI is InChI=1S/C44H29N3/c1-2-12-30(13-3-1)43-44(47-23-9-8-21-42(47)46-43)33-16-10-15-31(24-33)35-25-36(34-17-11-22-45-29-34)27-37(26-35)41-28-32-14-4-5-18-38(32)39-19-6-7-20-40(39)41/h1-29H. The summed E-state index contributed by atoms with van der Waals surface area (Å²) >= 11 is 0. The predicted octanol–water partition coefficient (Wildman–Crippen LogP) is 11.4. The molecule has 0 atom stereocenters. The van der Waals surface area contributed by atoms with Gasteiger partial charge in [-0.15, -0.1) is 0 Å². The molecule has 0 N–H and O–H groups in total. The Labute approximate surface area is 273 Å². The Morgan fingerprint density at radius 2 is 1.09 bits per heavy atom. The second-order valence-corrected chi connectivity index (χ2v) is 11.9. The quantitative estimate of drug-likeness (QED) is 0.184. The van der Waals surface area contributed by atoms with Gasteiger partial charge in [0, 0.05) is 35.3 Å². The SMILES string of the molecule is c1ccc(-c2nc3ccccn3c2-c2cccc(-c3cc(-c4cccnc4)cc(-c4cc5ccccc5c5ccccc45)c3)c2)cc1. The van der Waals surface area contributed by atoms with Gasteiger partial charge in [0.15, 0.2) is 0 Å². The molecule has 9 rings (SSSR count). The van der Waals surface area contributed by atoms with Gasteiger partial charge in [0.2, 0.25) is 0 Å². The number of hydrogen-bond donors (Lipinski definition) is 0. The summed E-state index contributed by atoms with van der Waals surface area (Å²) in [5.41, 5.74) is 12.1. The lowest BCUT2D eigenvalue weighted by molar-refractivity contribution is 1.19. The average Bonchev–Trinajstić information content (AvgIpc) is 3.55. The lowest BCUT2D eigenvalue weighted by Gasteiger charge is -2.15. The first-order chi connectivity index (χ1) is 23.3. The summed E-state index contributed by atoms with van der Waals surface area (Å²) in [6.45, 7) is 0. The van der Waals surface area contributed by atoms with Crippen LogP contribution in [-0.4, -0.2) is 14.4 Å². The molecule has 47 heavy (non-hydrogen) atoms. The van der Waals surface area contributed by atoms with Crippen LogP contribution in [0.4, 0.5) is 0 Å². The highest BCUT2D eigenvalue weighted by Crippen LogP contribution is 2.40. The normalized spacial score (nSPS) is 11.4. The number of rotatable bonds is 5. The topological polar surface area (TPSA) is 30.2 Å². The van der Waals surface area contributed by atoms with Crippen LogP contribution in [0.25, 0.3) is 83.1 Å². The van der Waals surface area contributed by atoms with E-state index in [1.165, 1.54) is 32.7 Å². The van der Waals surface area contributed by atoms with Crippen molar-refractivity contribution in [1.29, 1.82) is 0 Å². The van der Waals surface area contributed by atoms with Gasteiger partial charge < -0.3 is 0 Å². The molecule has 0 aliphatic carbocycles. The lowest BCUT2D eigenvalue weighted by atomic mass is 9.89. The van der Waals surface area contributed by atoms with Crippen LogP contribution in [0.1, 0.15) is 0 Å². The van der Waals surface area contributed by atoms with Gasteiger partial charge in [0.05, 0.1) is 11.4 Å². The van der Waals surface area contributed by atoms with Gasteiger partial charge in [-0.1, -0.05) is 109 Å². The van der Waals surface area contributed by atoms with Crippen LogP contribution in [0.2, 0.25) is 0 Å². The van der Waals surface area contributed by atoms with Gasteiger partial charge >= 0.3 is 0 Å². The van der Waals surface area contributed by atoms with Gasteiger partial charge in [0.25, 0.3) is 0 Å². The molecule has 3 heterocycles. The maximum absolute atomic E-state index is 5.08. The average molecular weight is 600 g/mol. The number of fused-ring (bicyclic) bond motifs is 4. The van der Waals surface area contributed by atoms with E-state index in [-0.39, 0.29) is 0 Å². The molecule has 0 bridgehead atoms. The van der Waals surface area contributed by atoms with Gasteiger partial charge in [-0.3, -0.25) is 9.38 Å². The number of aromatic nitrogens is 3. The van der Waals surface area contributed by atoms with E-state index in [2.05, 4.69) is 155 Å². The summed E-state index contributed by atoms with van der Waals surface area (Å²) in [7, 11) is 0. The Bertz CT molecular complexity index is 2570. The van der Waals surface area contributed by atoms with Crippen LogP contribution in [0.15, 0.2) is 176 Å². The summed E-state index contributed by atoms with van der Waals surface area (Å²) in [6, 6.07) is 56.3. The smallest absolute Gasteiger partial charge is 0.137 e. The second kappa shape index (κ2) is 11.2. The zero-order valence-corrected chi connectivity index (χ0v) is 25.6. The van der Waals surface area contributed by atoms with Crippen LogP contribution in [0.5, 0.6) is 0 Å². The minimum atomic E-state index is 0.927. The van der Waals surface area contributed by atoms with Crippen LogP contribution in [-0.2, 0) is 0 Å². The molecule has 0 aliphatic rings. The molecule has 3 heteroatoms. The summed E-state index contributed by atoms with van der Waals surface area (Å²) in [5, 5.41) is 5.01. The first kappa shape index (κ1) is 27.0. The molecule has 220 valence electrons. The van der Waals surface area contributed by atoms with E-state index < -0.39 is 0 Å². The third kappa shape index (κ3) is 4.77. The van der Waals surface area contributed by atoms with Crippen molar-refractivity contribution in [3.05, 3.63) is 176 Å². The van der Waals surface area contributed by atoms with Crippen molar-refractivity contribution < 1.29 is 0 Å². The molecule has 0 spiro atoms. The fourth-order valence-corrected chi connectivity index (χ4v) is 6.86. The molecule has 0 saturated carbocycles. The van der Waals surface area contributed by atoms with Gasteiger partial charge in [-0.25, -0.2) is 4.98 Å². The van der Waals surface area contributed by atoms with Crippen LogP contribution >= 0.6 is 0 Å². The highest BCUT2D eigenvalue weighted by Gasteiger charge is 2.17. The molecule has 0 amide bonds. The van der Waals surface area contributed by atoms with E-state index >= 15 is 0 Å². The van der Waals surface area contributed by atoms with E-state index in [1.54, 1.807) is 0 Å². The van der Waals surface area contributed by atoms with Crippen molar-refractivity contribution in [2.75, 3.05) is 0 Å². The number of pyridine rings is 2. The third-order valence-corrected chi connectivity index (χ3v) is 9.05. The summed E-state index contributed by atoms with van der Waals surface area (Å²) in [6.07, 6.45) is 5.87. The molecule has 0 saturated heterocycles. The fraction of sp³-hybridized carbons (Fsp3) is 0. The van der Waals surface area contributed by atoms with Crippen molar-refractivity contribution in [1.82, 2.24) is 14.4 Å². The molecule has 6 aromatic carbocycles. The fourth-order valence-electron chi connectivity index (χ4n) is 6.86. The molecule has 3 nitrogen and oxygen atoms in total. The van der Waals surface area contributed by atoms with Crippen molar-refractivity contribution in [2.45, 2.75) is 0 Å². The minimum Gasteiger partial charge on any atom is -0.299 e. The summed E-state index contributed by atoms with van der Waals surface area (Å²) in [4.78, 5) is 9.54. The second-order valence-electron chi connectivity index (χ2n) is 11.9. The molecule has 0 fully saturated rings. The first-order valence-corrected chi connectivity index (χ1v) is 15.9. The molecule has 9 aromatic rings. The molecule has 0 aliphatic heterocycles. The van der Waals surface area contributed by atoms with E-state index in [0.29, 0.717) is 0 Å². The van der Waals surface area contributed by atoms with E-state index in [9.17, 15) is 0 Å². The Balaban J connectivity index is 1.27. The maximum Gasteiger partial charge on any atom is 0.137 e. The van der Waals surface area contributed by atoms with Crippen molar-refractivity contribution in [3.63, 3.8) is 0 Å².